The Kier molecular flexibility index (Phi) is 6.61. The van der Waals surface area contributed by atoms with E-state index >= 15 is 0 Å². The highest BCUT2D eigenvalue weighted by Crippen LogP contribution is 2.21. The van der Waals surface area contributed by atoms with Crippen LogP contribution in [0.4, 0.5) is 4.39 Å². The lowest BCUT2D eigenvalue weighted by Crippen LogP contribution is -2.50. The molecule has 0 bridgehead atoms. The summed E-state index contributed by atoms with van der Waals surface area (Å²) >= 11 is 0. The fourth-order valence-electron chi connectivity index (χ4n) is 3.19. The molecule has 0 aliphatic carbocycles. The van der Waals surface area contributed by atoms with E-state index < -0.39 is 12.1 Å². The molecule has 2 N–H and O–H groups in total. The molecule has 2 atom stereocenters. The lowest BCUT2D eigenvalue weighted by Gasteiger charge is -2.26. The van der Waals surface area contributed by atoms with Crippen molar-refractivity contribution in [1.82, 2.24) is 20.2 Å². The Morgan fingerprint density at radius 1 is 1.00 bits per heavy atom. The zero-order valence-corrected chi connectivity index (χ0v) is 17.2. The molecule has 0 spiro atoms. The number of carbonyl (C=O) groups excluding carboxylic acids is 2. The monoisotopic (exact) mass is 408 g/mol. The SMILES string of the molecule is CC(C)[C@H](NC(=O)c1ccccc1)C(=O)NC(c1ccc(F)cc1)c1nccn1C. The molecule has 0 aliphatic heterocycles. The van der Waals surface area contributed by atoms with Crippen molar-refractivity contribution in [3.63, 3.8) is 0 Å². The number of hydrogen-bond acceptors (Lipinski definition) is 3. The first kappa shape index (κ1) is 21.2. The summed E-state index contributed by atoms with van der Waals surface area (Å²) < 4.78 is 15.2. The van der Waals surface area contributed by atoms with Gasteiger partial charge in [0.2, 0.25) is 5.91 Å². The van der Waals surface area contributed by atoms with E-state index in [0.717, 1.165) is 0 Å². The van der Waals surface area contributed by atoms with Gasteiger partial charge in [0.1, 0.15) is 23.7 Å². The van der Waals surface area contributed by atoms with Gasteiger partial charge < -0.3 is 15.2 Å². The second-order valence-electron chi connectivity index (χ2n) is 7.45. The Morgan fingerprint density at radius 3 is 2.23 bits per heavy atom. The van der Waals surface area contributed by atoms with Crippen molar-refractivity contribution in [1.29, 1.82) is 0 Å². The van der Waals surface area contributed by atoms with E-state index in [1.165, 1.54) is 12.1 Å². The molecular formula is C23H25FN4O2. The molecule has 156 valence electrons. The fourth-order valence-corrected chi connectivity index (χ4v) is 3.19. The van der Waals surface area contributed by atoms with Crippen LogP contribution in [0.5, 0.6) is 0 Å². The molecule has 1 aromatic heterocycles. The Hall–Kier alpha value is -3.48. The Morgan fingerprint density at radius 2 is 1.67 bits per heavy atom. The maximum atomic E-state index is 13.4. The van der Waals surface area contributed by atoms with Crippen LogP contribution in [-0.2, 0) is 11.8 Å². The van der Waals surface area contributed by atoms with Crippen molar-refractivity contribution in [3.05, 3.63) is 89.8 Å². The van der Waals surface area contributed by atoms with E-state index in [0.29, 0.717) is 17.0 Å². The minimum atomic E-state index is -0.749. The molecule has 3 rings (SSSR count). The molecule has 30 heavy (non-hydrogen) atoms. The van der Waals surface area contributed by atoms with Gasteiger partial charge in [-0.3, -0.25) is 9.59 Å². The number of nitrogens with zero attached hydrogens (tertiary/aromatic N) is 2. The molecule has 6 nitrogen and oxygen atoms in total. The average Bonchev–Trinajstić information content (AvgIpc) is 3.16. The number of aryl methyl sites for hydroxylation is 1. The van der Waals surface area contributed by atoms with Gasteiger partial charge in [0.05, 0.1) is 0 Å². The molecule has 2 amide bonds. The highest BCUT2D eigenvalue weighted by Gasteiger charge is 2.29. The summed E-state index contributed by atoms with van der Waals surface area (Å²) in [4.78, 5) is 30.1. The largest absolute Gasteiger partial charge is 0.340 e. The second-order valence-corrected chi connectivity index (χ2v) is 7.45. The van der Waals surface area contributed by atoms with Crippen molar-refractivity contribution < 1.29 is 14.0 Å². The molecule has 0 aliphatic rings. The second kappa shape index (κ2) is 9.35. The van der Waals surface area contributed by atoms with Crippen LogP contribution in [0.2, 0.25) is 0 Å². The summed E-state index contributed by atoms with van der Waals surface area (Å²) in [6.45, 7) is 3.73. The van der Waals surface area contributed by atoms with Crippen LogP contribution < -0.4 is 10.6 Å². The molecule has 7 heteroatoms. The van der Waals surface area contributed by atoms with Gasteiger partial charge in [-0.2, -0.15) is 0 Å². The average molecular weight is 408 g/mol. The molecule has 0 fully saturated rings. The number of carbonyl (C=O) groups is 2. The van der Waals surface area contributed by atoms with Crippen LogP contribution in [0, 0.1) is 11.7 Å². The predicted molar refractivity (Wildman–Crippen MR) is 112 cm³/mol. The quantitative estimate of drug-likeness (QED) is 0.630. The van der Waals surface area contributed by atoms with Crippen molar-refractivity contribution >= 4 is 11.8 Å². The van der Waals surface area contributed by atoms with Crippen LogP contribution in [0.15, 0.2) is 67.0 Å². The minimum absolute atomic E-state index is 0.145. The lowest BCUT2D eigenvalue weighted by molar-refractivity contribution is -0.124. The van der Waals surface area contributed by atoms with Gasteiger partial charge in [0.25, 0.3) is 5.91 Å². The van der Waals surface area contributed by atoms with Gasteiger partial charge in [-0.05, 0) is 35.7 Å². The van der Waals surface area contributed by atoms with Crippen molar-refractivity contribution in [2.24, 2.45) is 13.0 Å². The Bertz CT molecular complexity index is 1000. The first-order valence-electron chi connectivity index (χ1n) is 9.75. The van der Waals surface area contributed by atoms with E-state index in [4.69, 9.17) is 0 Å². The summed E-state index contributed by atoms with van der Waals surface area (Å²) in [7, 11) is 1.82. The van der Waals surface area contributed by atoms with E-state index in [1.807, 2.05) is 27.0 Å². The van der Waals surface area contributed by atoms with Crippen LogP contribution >= 0.6 is 0 Å². The third-order valence-electron chi connectivity index (χ3n) is 4.88. The Balaban J connectivity index is 1.84. The number of rotatable bonds is 7. The smallest absolute Gasteiger partial charge is 0.251 e. The van der Waals surface area contributed by atoms with Crippen LogP contribution in [0.25, 0.3) is 0 Å². The number of nitrogens with one attached hydrogen (secondary N) is 2. The van der Waals surface area contributed by atoms with Gasteiger partial charge in [-0.15, -0.1) is 0 Å². The van der Waals surface area contributed by atoms with Crippen molar-refractivity contribution in [2.75, 3.05) is 0 Å². The first-order valence-corrected chi connectivity index (χ1v) is 9.75. The predicted octanol–water partition coefficient (Wildman–Crippen LogP) is 3.22. The van der Waals surface area contributed by atoms with Crippen molar-refractivity contribution in [2.45, 2.75) is 25.9 Å². The van der Waals surface area contributed by atoms with E-state index in [1.54, 1.807) is 53.4 Å². The minimum Gasteiger partial charge on any atom is -0.340 e. The molecular weight excluding hydrogens is 383 g/mol. The Labute approximate surface area is 175 Å². The zero-order chi connectivity index (χ0) is 21.7. The third-order valence-corrected chi connectivity index (χ3v) is 4.88. The van der Waals surface area contributed by atoms with Gasteiger partial charge in [-0.1, -0.05) is 44.2 Å². The van der Waals surface area contributed by atoms with Gasteiger partial charge in [0.15, 0.2) is 0 Å². The highest BCUT2D eigenvalue weighted by molar-refractivity contribution is 5.97. The molecule has 1 unspecified atom stereocenters. The van der Waals surface area contributed by atoms with E-state index in [9.17, 15) is 14.0 Å². The van der Waals surface area contributed by atoms with Crippen molar-refractivity contribution in [3.8, 4) is 0 Å². The summed E-state index contributed by atoms with van der Waals surface area (Å²) in [5.74, 6) is -0.565. The maximum Gasteiger partial charge on any atom is 0.251 e. The van der Waals surface area contributed by atoms with E-state index in [-0.39, 0.29) is 23.5 Å². The van der Waals surface area contributed by atoms with Crippen LogP contribution in [-0.4, -0.2) is 27.4 Å². The standard InChI is InChI=1S/C23H25FN4O2/c1-15(2)19(26-22(29)17-7-5-4-6-8-17)23(30)27-20(21-25-13-14-28(21)3)16-9-11-18(24)12-10-16/h4-15,19-20H,1-3H3,(H,26,29)(H,27,30)/t19-,20?/m0/s1. The molecule has 0 saturated carbocycles. The topological polar surface area (TPSA) is 76.0 Å². The maximum absolute atomic E-state index is 13.4. The lowest BCUT2D eigenvalue weighted by atomic mass is 10.0. The van der Waals surface area contributed by atoms with Gasteiger partial charge in [0, 0.05) is 25.0 Å². The normalized spacial score (nSPS) is 13.0. The highest BCUT2D eigenvalue weighted by atomic mass is 19.1. The molecule has 1 heterocycles. The fraction of sp³-hybridized carbons (Fsp3) is 0.261. The summed E-state index contributed by atoms with van der Waals surface area (Å²) in [6.07, 6.45) is 3.41. The van der Waals surface area contributed by atoms with Gasteiger partial charge >= 0.3 is 0 Å². The third kappa shape index (κ3) is 4.92. The summed E-state index contributed by atoms with van der Waals surface area (Å²) in [5, 5.41) is 5.79. The number of aromatic nitrogens is 2. The zero-order valence-electron chi connectivity index (χ0n) is 17.2. The number of benzene rings is 2. The van der Waals surface area contributed by atoms with Crippen LogP contribution in [0.3, 0.4) is 0 Å². The molecule has 0 saturated heterocycles. The van der Waals surface area contributed by atoms with E-state index in [2.05, 4.69) is 15.6 Å². The number of halogens is 1. The number of amides is 2. The summed E-state index contributed by atoms with van der Waals surface area (Å²) in [5.41, 5.74) is 1.17. The number of hydrogen-bond donors (Lipinski definition) is 2. The van der Waals surface area contributed by atoms with Gasteiger partial charge in [-0.25, -0.2) is 9.37 Å². The molecule has 3 aromatic rings. The first-order chi connectivity index (χ1) is 14.4. The molecule has 2 aromatic carbocycles. The van der Waals surface area contributed by atoms with Crippen LogP contribution in [0.1, 0.15) is 41.6 Å². The summed E-state index contributed by atoms with van der Waals surface area (Å²) in [6, 6.07) is 13.3. The number of imidazole rings is 1. The molecule has 0 radical (unpaired) electrons.